The van der Waals surface area contributed by atoms with Crippen molar-refractivity contribution in [3.8, 4) is 0 Å². The molecular formula is C18H32N4S. The fraction of sp³-hybridized carbons (Fsp3) is 0.778. The third-order valence-corrected chi connectivity index (χ3v) is 5.82. The van der Waals surface area contributed by atoms with Gasteiger partial charge in [0.25, 0.3) is 0 Å². The van der Waals surface area contributed by atoms with Crippen LogP contribution in [0.1, 0.15) is 52.7 Å². The molecule has 1 N–H and O–H groups in total. The predicted octanol–water partition coefficient (Wildman–Crippen LogP) is 3.79. The Morgan fingerprint density at radius 2 is 2.00 bits per heavy atom. The van der Waals surface area contributed by atoms with Crippen LogP contribution >= 0.6 is 11.8 Å². The molecule has 0 amide bonds. The average Bonchev–Trinajstić information content (AvgIpc) is 2.57. The van der Waals surface area contributed by atoms with E-state index in [1.807, 2.05) is 11.8 Å². The third kappa shape index (κ3) is 5.64. The Bertz CT molecular complexity index is 470. The van der Waals surface area contributed by atoms with E-state index in [0.717, 1.165) is 17.9 Å². The molecule has 0 radical (unpaired) electrons. The minimum atomic E-state index is 0.111. The quantitative estimate of drug-likeness (QED) is 0.731. The van der Waals surface area contributed by atoms with Crippen LogP contribution in [0.5, 0.6) is 0 Å². The van der Waals surface area contributed by atoms with E-state index in [4.69, 9.17) is 0 Å². The Morgan fingerprint density at radius 1 is 1.26 bits per heavy atom. The summed E-state index contributed by atoms with van der Waals surface area (Å²) in [7, 11) is 0. The van der Waals surface area contributed by atoms with Gasteiger partial charge in [0.15, 0.2) is 0 Å². The zero-order valence-electron chi connectivity index (χ0n) is 15.1. The molecule has 1 aliphatic rings. The molecule has 0 unspecified atom stereocenters. The van der Waals surface area contributed by atoms with Crippen LogP contribution < -0.4 is 5.32 Å². The van der Waals surface area contributed by atoms with E-state index in [2.05, 4.69) is 53.9 Å². The number of piperidine rings is 1. The van der Waals surface area contributed by atoms with Crippen LogP contribution in [0.2, 0.25) is 0 Å². The Hall–Kier alpha value is -0.810. The number of thioether (sulfide) groups is 1. The van der Waals surface area contributed by atoms with Gasteiger partial charge in [0.2, 0.25) is 0 Å². The Kier molecular flexibility index (Phi) is 7.15. The van der Waals surface area contributed by atoms with Crippen LogP contribution in [0, 0.1) is 0 Å². The second-order valence-corrected chi connectivity index (χ2v) is 8.38. The van der Waals surface area contributed by atoms with Gasteiger partial charge in [-0.25, -0.2) is 9.97 Å². The van der Waals surface area contributed by atoms with Gasteiger partial charge >= 0.3 is 0 Å². The van der Waals surface area contributed by atoms with Gasteiger partial charge < -0.3 is 10.2 Å². The van der Waals surface area contributed by atoms with E-state index < -0.39 is 0 Å². The highest BCUT2D eigenvalue weighted by molar-refractivity contribution is 7.99. The molecule has 0 aliphatic carbocycles. The van der Waals surface area contributed by atoms with Crippen molar-refractivity contribution in [3.63, 3.8) is 0 Å². The lowest BCUT2D eigenvalue weighted by molar-refractivity contribution is 0.231. The van der Waals surface area contributed by atoms with Gasteiger partial charge in [-0.3, -0.25) is 0 Å². The lowest BCUT2D eigenvalue weighted by Crippen LogP contribution is -2.40. The lowest BCUT2D eigenvalue weighted by Gasteiger charge is -2.32. The summed E-state index contributed by atoms with van der Waals surface area (Å²) in [5.41, 5.74) is 1.24. The van der Waals surface area contributed by atoms with E-state index in [1.165, 1.54) is 44.0 Å². The smallest absolute Gasteiger partial charge is 0.129 e. The molecule has 0 spiro atoms. The molecule has 1 fully saturated rings. The van der Waals surface area contributed by atoms with Crippen molar-refractivity contribution in [2.75, 3.05) is 36.5 Å². The molecule has 0 aromatic carbocycles. The molecule has 0 atom stereocenters. The number of rotatable bonds is 8. The highest BCUT2D eigenvalue weighted by atomic mass is 32.2. The summed E-state index contributed by atoms with van der Waals surface area (Å²) >= 11 is 2.04. The Balaban J connectivity index is 1.83. The molecule has 0 saturated carbocycles. The third-order valence-electron chi connectivity index (χ3n) is 4.94. The van der Waals surface area contributed by atoms with E-state index >= 15 is 0 Å². The van der Waals surface area contributed by atoms with E-state index in [-0.39, 0.29) is 5.41 Å². The van der Waals surface area contributed by atoms with Crippen molar-refractivity contribution in [3.05, 3.63) is 18.1 Å². The van der Waals surface area contributed by atoms with Gasteiger partial charge in [0.05, 0.1) is 5.69 Å². The minimum Gasteiger partial charge on any atom is -0.367 e. The maximum Gasteiger partial charge on any atom is 0.129 e. The standard InChI is InChI=1S/C18H32N4S/c1-5-18(3,4)16-13-17(20-14-19-16)21-15-7-9-22(10-8-15)11-12-23-6-2/h13-15H,5-12H2,1-4H3,(H,19,20,21). The van der Waals surface area contributed by atoms with Gasteiger partial charge in [0, 0.05) is 42.9 Å². The predicted molar refractivity (Wildman–Crippen MR) is 101 cm³/mol. The first kappa shape index (κ1) is 18.5. The molecule has 130 valence electrons. The summed E-state index contributed by atoms with van der Waals surface area (Å²) in [5, 5.41) is 3.62. The number of nitrogens with zero attached hydrogens (tertiary/aromatic N) is 3. The first-order valence-electron chi connectivity index (χ1n) is 8.94. The lowest BCUT2D eigenvalue weighted by atomic mass is 9.86. The molecule has 23 heavy (non-hydrogen) atoms. The number of aromatic nitrogens is 2. The first-order chi connectivity index (χ1) is 11.0. The van der Waals surface area contributed by atoms with Crippen molar-refractivity contribution in [1.29, 1.82) is 0 Å². The van der Waals surface area contributed by atoms with Crippen LogP contribution in [0.15, 0.2) is 12.4 Å². The van der Waals surface area contributed by atoms with Crippen LogP contribution in [-0.4, -0.2) is 52.0 Å². The summed E-state index contributed by atoms with van der Waals surface area (Å²) in [6, 6.07) is 2.67. The molecule has 1 aromatic rings. The number of hydrogen-bond donors (Lipinski definition) is 1. The largest absolute Gasteiger partial charge is 0.367 e. The van der Waals surface area contributed by atoms with Crippen LogP contribution in [-0.2, 0) is 5.41 Å². The van der Waals surface area contributed by atoms with Crippen LogP contribution in [0.4, 0.5) is 5.82 Å². The highest BCUT2D eigenvalue weighted by Crippen LogP contribution is 2.26. The summed E-state index contributed by atoms with van der Waals surface area (Å²) < 4.78 is 0. The van der Waals surface area contributed by atoms with Gasteiger partial charge in [0.1, 0.15) is 12.1 Å². The van der Waals surface area contributed by atoms with Gasteiger partial charge in [-0.15, -0.1) is 0 Å². The molecule has 4 nitrogen and oxygen atoms in total. The zero-order chi connectivity index (χ0) is 16.7. The van der Waals surface area contributed by atoms with Crippen molar-refractivity contribution in [2.24, 2.45) is 0 Å². The molecule has 1 aliphatic heterocycles. The number of hydrogen-bond acceptors (Lipinski definition) is 5. The fourth-order valence-corrected chi connectivity index (χ4v) is 3.51. The molecule has 1 aromatic heterocycles. The molecular weight excluding hydrogens is 304 g/mol. The number of anilines is 1. The number of nitrogens with one attached hydrogen (secondary N) is 1. The van der Waals surface area contributed by atoms with Crippen molar-refractivity contribution < 1.29 is 0 Å². The van der Waals surface area contributed by atoms with Crippen molar-refractivity contribution >= 4 is 17.6 Å². The van der Waals surface area contributed by atoms with Crippen molar-refractivity contribution in [2.45, 2.75) is 58.4 Å². The first-order valence-corrected chi connectivity index (χ1v) is 10.1. The Morgan fingerprint density at radius 3 is 2.65 bits per heavy atom. The van der Waals surface area contributed by atoms with Crippen molar-refractivity contribution in [1.82, 2.24) is 14.9 Å². The van der Waals surface area contributed by atoms with Gasteiger partial charge in [-0.1, -0.05) is 27.7 Å². The Labute approximate surface area is 145 Å². The average molecular weight is 337 g/mol. The van der Waals surface area contributed by atoms with Gasteiger partial charge in [-0.05, 0) is 25.0 Å². The topological polar surface area (TPSA) is 41.0 Å². The van der Waals surface area contributed by atoms with Gasteiger partial charge in [-0.2, -0.15) is 11.8 Å². The summed E-state index contributed by atoms with van der Waals surface area (Å²) in [5.74, 6) is 3.47. The SMILES string of the molecule is CCSCCN1CCC(Nc2cc(C(C)(C)CC)ncn2)CC1. The summed E-state index contributed by atoms with van der Waals surface area (Å²) in [6.45, 7) is 12.5. The molecule has 0 bridgehead atoms. The maximum absolute atomic E-state index is 4.47. The number of likely N-dealkylation sites (tertiary alicyclic amines) is 1. The normalized spacial score (nSPS) is 17.4. The summed E-state index contributed by atoms with van der Waals surface area (Å²) in [6.07, 6.45) is 5.18. The van der Waals surface area contributed by atoms with Crippen LogP contribution in [0.25, 0.3) is 0 Å². The van der Waals surface area contributed by atoms with Crippen LogP contribution in [0.3, 0.4) is 0 Å². The second kappa shape index (κ2) is 8.88. The molecule has 5 heteroatoms. The summed E-state index contributed by atoms with van der Waals surface area (Å²) in [4.78, 5) is 11.5. The maximum atomic E-state index is 4.47. The second-order valence-electron chi connectivity index (χ2n) is 6.98. The molecule has 2 rings (SSSR count). The highest BCUT2D eigenvalue weighted by Gasteiger charge is 2.22. The van der Waals surface area contributed by atoms with E-state index in [1.54, 1.807) is 6.33 Å². The van der Waals surface area contributed by atoms with E-state index in [9.17, 15) is 0 Å². The zero-order valence-corrected chi connectivity index (χ0v) is 16.0. The van der Waals surface area contributed by atoms with E-state index in [0.29, 0.717) is 6.04 Å². The molecule has 2 heterocycles. The molecule has 1 saturated heterocycles. The monoisotopic (exact) mass is 336 g/mol. The minimum absolute atomic E-state index is 0.111. The fourth-order valence-electron chi connectivity index (χ4n) is 2.84.